The molecule has 0 spiro atoms. The summed E-state index contributed by atoms with van der Waals surface area (Å²) in [6, 6.07) is 2.89. The average molecular weight is 236 g/mol. The monoisotopic (exact) mass is 236 g/mol. The summed E-state index contributed by atoms with van der Waals surface area (Å²) in [7, 11) is 2.13. The van der Waals surface area contributed by atoms with Crippen molar-refractivity contribution in [3.63, 3.8) is 0 Å². The van der Waals surface area contributed by atoms with Gasteiger partial charge in [0.05, 0.1) is 6.10 Å². The van der Waals surface area contributed by atoms with Crippen LogP contribution in [-0.4, -0.2) is 23.3 Å². The molecule has 0 aliphatic carbocycles. The number of nitrogens with zero attached hydrogens (tertiary/aromatic N) is 1. The van der Waals surface area contributed by atoms with Crippen molar-refractivity contribution in [2.45, 2.75) is 52.3 Å². The van der Waals surface area contributed by atoms with Gasteiger partial charge in [-0.1, -0.05) is 0 Å². The summed E-state index contributed by atoms with van der Waals surface area (Å²) in [5, 5.41) is 3.66. The van der Waals surface area contributed by atoms with Crippen molar-refractivity contribution in [3.05, 3.63) is 23.0 Å². The zero-order valence-corrected chi connectivity index (χ0v) is 11.4. The van der Waals surface area contributed by atoms with Crippen molar-refractivity contribution in [1.29, 1.82) is 0 Å². The van der Waals surface area contributed by atoms with Crippen LogP contribution in [0.2, 0.25) is 0 Å². The maximum Gasteiger partial charge on any atom is 0.0561 e. The summed E-state index contributed by atoms with van der Waals surface area (Å²) in [5.74, 6) is 0. The van der Waals surface area contributed by atoms with E-state index in [0.717, 1.165) is 26.0 Å². The number of aryl methyl sites for hydroxylation is 1. The van der Waals surface area contributed by atoms with E-state index in [1.54, 1.807) is 0 Å². The Hall–Kier alpha value is -0.800. The lowest BCUT2D eigenvalue weighted by Crippen LogP contribution is -2.37. The van der Waals surface area contributed by atoms with E-state index in [2.05, 4.69) is 43.8 Å². The lowest BCUT2D eigenvalue weighted by Gasteiger charge is -2.28. The number of ether oxygens (including phenoxy) is 1. The SMILES string of the molecule is Cc1cc(CNC2CCOC(C)C2)c(C)n1C. The van der Waals surface area contributed by atoms with E-state index in [4.69, 9.17) is 4.74 Å². The molecule has 2 rings (SSSR count). The molecule has 1 saturated heterocycles. The van der Waals surface area contributed by atoms with Crippen LogP contribution in [0, 0.1) is 13.8 Å². The smallest absolute Gasteiger partial charge is 0.0561 e. The lowest BCUT2D eigenvalue weighted by molar-refractivity contribution is 0.0130. The molecule has 1 N–H and O–H groups in total. The maximum atomic E-state index is 5.56. The van der Waals surface area contributed by atoms with E-state index in [1.807, 2.05) is 0 Å². The highest BCUT2D eigenvalue weighted by molar-refractivity contribution is 5.26. The standard InChI is InChI=1S/C14H24N2O/c1-10-7-13(12(3)16(10)4)9-15-14-5-6-17-11(2)8-14/h7,11,14-15H,5-6,8-9H2,1-4H3. The summed E-state index contributed by atoms with van der Waals surface area (Å²) in [6.07, 6.45) is 2.67. The van der Waals surface area contributed by atoms with Gasteiger partial charge in [0.2, 0.25) is 0 Å². The number of rotatable bonds is 3. The number of nitrogens with one attached hydrogen (secondary N) is 1. The van der Waals surface area contributed by atoms with Crippen LogP contribution in [-0.2, 0) is 18.3 Å². The highest BCUT2D eigenvalue weighted by atomic mass is 16.5. The summed E-state index contributed by atoms with van der Waals surface area (Å²) in [4.78, 5) is 0. The van der Waals surface area contributed by atoms with Gasteiger partial charge in [-0.15, -0.1) is 0 Å². The molecule has 2 heterocycles. The van der Waals surface area contributed by atoms with Crippen molar-refractivity contribution in [2.75, 3.05) is 6.61 Å². The molecule has 2 unspecified atom stereocenters. The Morgan fingerprint density at radius 2 is 2.24 bits per heavy atom. The third kappa shape index (κ3) is 2.90. The van der Waals surface area contributed by atoms with Crippen molar-refractivity contribution < 1.29 is 4.74 Å². The lowest BCUT2D eigenvalue weighted by atomic mass is 10.0. The van der Waals surface area contributed by atoms with E-state index < -0.39 is 0 Å². The Bertz CT molecular complexity index is 384. The molecule has 17 heavy (non-hydrogen) atoms. The Balaban J connectivity index is 1.91. The van der Waals surface area contributed by atoms with Gasteiger partial charge in [-0.05, 0) is 45.2 Å². The third-order valence-corrected chi connectivity index (χ3v) is 3.95. The Morgan fingerprint density at radius 3 is 2.82 bits per heavy atom. The first-order chi connectivity index (χ1) is 8.08. The number of aromatic nitrogens is 1. The molecule has 2 atom stereocenters. The van der Waals surface area contributed by atoms with E-state index >= 15 is 0 Å². The summed E-state index contributed by atoms with van der Waals surface area (Å²) in [6.45, 7) is 8.38. The highest BCUT2D eigenvalue weighted by Gasteiger charge is 2.19. The molecular formula is C14H24N2O. The van der Waals surface area contributed by atoms with E-state index in [0.29, 0.717) is 12.1 Å². The van der Waals surface area contributed by atoms with E-state index in [1.165, 1.54) is 17.0 Å². The van der Waals surface area contributed by atoms with Gasteiger partial charge in [-0.25, -0.2) is 0 Å². The van der Waals surface area contributed by atoms with E-state index in [9.17, 15) is 0 Å². The van der Waals surface area contributed by atoms with Crippen LogP contribution in [0.15, 0.2) is 6.07 Å². The first-order valence-electron chi connectivity index (χ1n) is 6.54. The van der Waals surface area contributed by atoms with Crippen LogP contribution >= 0.6 is 0 Å². The van der Waals surface area contributed by atoms with Gasteiger partial charge >= 0.3 is 0 Å². The van der Waals surface area contributed by atoms with Crippen LogP contribution in [0.3, 0.4) is 0 Å². The molecule has 1 aliphatic heterocycles. The molecule has 1 aromatic heterocycles. The number of hydrogen-bond donors (Lipinski definition) is 1. The Morgan fingerprint density at radius 1 is 1.47 bits per heavy atom. The van der Waals surface area contributed by atoms with E-state index in [-0.39, 0.29) is 0 Å². The van der Waals surface area contributed by atoms with Gasteiger partial charge in [-0.3, -0.25) is 0 Å². The molecule has 96 valence electrons. The molecule has 0 radical (unpaired) electrons. The fourth-order valence-electron chi connectivity index (χ4n) is 2.55. The first kappa shape index (κ1) is 12.7. The van der Waals surface area contributed by atoms with Gasteiger partial charge < -0.3 is 14.6 Å². The third-order valence-electron chi connectivity index (χ3n) is 3.95. The van der Waals surface area contributed by atoms with Crippen LogP contribution in [0.5, 0.6) is 0 Å². The van der Waals surface area contributed by atoms with Gasteiger partial charge in [0.15, 0.2) is 0 Å². The fraction of sp³-hybridized carbons (Fsp3) is 0.714. The second-order valence-electron chi connectivity index (χ2n) is 5.24. The fourth-order valence-corrected chi connectivity index (χ4v) is 2.55. The van der Waals surface area contributed by atoms with Gasteiger partial charge in [0, 0.05) is 37.6 Å². The van der Waals surface area contributed by atoms with Crippen molar-refractivity contribution in [2.24, 2.45) is 7.05 Å². The predicted octanol–water partition coefficient (Wildman–Crippen LogP) is 2.30. The highest BCUT2D eigenvalue weighted by Crippen LogP contribution is 2.16. The van der Waals surface area contributed by atoms with Gasteiger partial charge in [0.1, 0.15) is 0 Å². The molecule has 0 saturated carbocycles. The molecule has 3 nitrogen and oxygen atoms in total. The van der Waals surface area contributed by atoms with Gasteiger partial charge in [-0.2, -0.15) is 0 Å². The summed E-state index contributed by atoms with van der Waals surface area (Å²) < 4.78 is 7.82. The van der Waals surface area contributed by atoms with Gasteiger partial charge in [0.25, 0.3) is 0 Å². The van der Waals surface area contributed by atoms with Crippen LogP contribution in [0.25, 0.3) is 0 Å². The molecule has 0 amide bonds. The summed E-state index contributed by atoms with van der Waals surface area (Å²) >= 11 is 0. The van der Waals surface area contributed by atoms with Crippen LogP contribution in [0.1, 0.15) is 36.7 Å². The Labute approximate surface area is 104 Å². The molecular weight excluding hydrogens is 212 g/mol. The van der Waals surface area contributed by atoms with Crippen molar-refractivity contribution >= 4 is 0 Å². The molecule has 3 heteroatoms. The topological polar surface area (TPSA) is 26.2 Å². The molecule has 1 fully saturated rings. The second-order valence-corrected chi connectivity index (χ2v) is 5.24. The molecule has 0 bridgehead atoms. The van der Waals surface area contributed by atoms with Crippen LogP contribution in [0.4, 0.5) is 0 Å². The maximum absolute atomic E-state index is 5.56. The zero-order chi connectivity index (χ0) is 12.4. The molecule has 1 aliphatic rings. The van der Waals surface area contributed by atoms with Crippen molar-refractivity contribution in [3.8, 4) is 0 Å². The van der Waals surface area contributed by atoms with Crippen molar-refractivity contribution in [1.82, 2.24) is 9.88 Å². The Kier molecular flexibility index (Phi) is 3.89. The minimum atomic E-state index is 0.403. The average Bonchev–Trinajstić information content (AvgIpc) is 2.54. The summed E-state index contributed by atoms with van der Waals surface area (Å²) in [5.41, 5.74) is 4.12. The normalized spacial score (nSPS) is 25.2. The predicted molar refractivity (Wildman–Crippen MR) is 70.2 cm³/mol. The second kappa shape index (κ2) is 5.23. The largest absolute Gasteiger partial charge is 0.378 e. The quantitative estimate of drug-likeness (QED) is 0.871. The minimum Gasteiger partial charge on any atom is -0.378 e. The minimum absolute atomic E-state index is 0.403. The molecule has 0 aromatic carbocycles. The van der Waals surface area contributed by atoms with Crippen LogP contribution < -0.4 is 5.32 Å². The molecule has 1 aromatic rings. The number of hydrogen-bond acceptors (Lipinski definition) is 2. The first-order valence-corrected chi connectivity index (χ1v) is 6.54. The zero-order valence-electron chi connectivity index (χ0n) is 11.4.